The third-order valence-electron chi connectivity index (χ3n) is 5.53. The number of carbonyl (C=O) groups is 1. The molecule has 4 rings (SSSR count). The molecule has 0 unspecified atom stereocenters. The topological polar surface area (TPSA) is 76.5 Å². The van der Waals surface area contributed by atoms with Gasteiger partial charge in [-0.25, -0.2) is 9.55 Å². The lowest BCUT2D eigenvalue weighted by atomic mass is 9.97. The Labute approximate surface area is 185 Å². The molecule has 1 fully saturated rings. The Bertz CT molecular complexity index is 1140. The molecule has 1 aliphatic heterocycles. The van der Waals surface area contributed by atoms with Crippen LogP contribution >= 0.6 is 11.3 Å². The van der Waals surface area contributed by atoms with Gasteiger partial charge in [0.15, 0.2) is 0 Å². The predicted molar refractivity (Wildman–Crippen MR) is 125 cm³/mol. The molecule has 0 radical (unpaired) electrons. The average molecular weight is 441 g/mol. The summed E-state index contributed by atoms with van der Waals surface area (Å²) in [7, 11) is 1.61. The highest BCUT2D eigenvalue weighted by molar-refractivity contribution is 7.17. The van der Waals surface area contributed by atoms with Gasteiger partial charge in [-0.1, -0.05) is 19.9 Å². The Morgan fingerprint density at radius 2 is 2.19 bits per heavy atom. The van der Waals surface area contributed by atoms with Crippen LogP contribution in [0.25, 0.3) is 15.9 Å². The number of amides is 1. The quantitative estimate of drug-likeness (QED) is 0.635. The monoisotopic (exact) mass is 440 g/mol. The third kappa shape index (κ3) is 4.44. The number of ether oxygens (including phenoxy) is 1. The number of hydrogen-bond acceptors (Lipinski definition) is 6. The number of aromatic nitrogens is 2. The zero-order valence-electron chi connectivity index (χ0n) is 18.1. The lowest BCUT2D eigenvalue weighted by Gasteiger charge is -2.34. The predicted octanol–water partition coefficient (Wildman–Crippen LogP) is 3.44. The highest BCUT2D eigenvalue weighted by Gasteiger charge is 2.29. The first-order valence-corrected chi connectivity index (χ1v) is 11.5. The van der Waals surface area contributed by atoms with Crippen molar-refractivity contribution in [2.75, 3.05) is 31.6 Å². The lowest BCUT2D eigenvalue weighted by Crippen LogP contribution is -2.45. The van der Waals surface area contributed by atoms with E-state index in [1.54, 1.807) is 11.7 Å². The molecule has 1 amide bonds. The van der Waals surface area contributed by atoms with Crippen LogP contribution in [0.4, 0.5) is 5.95 Å². The van der Waals surface area contributed by atoms with Crippen molar-refractivity contribution in [1.29, 1.82) is 0 Å². The molecule has 8 heteroatoms. The van der Waals surface area contributed by atoms with E-state index in [1.807, 2.05) is 35.7 Å². The Morgan fingerprint density at radius 3 is 2.97 bits per heavy atom. The molecule has 3 heterocycles. The van der Waals surface area contributed by atoms with Crippen LogP contribution in [-0.4, -0.2) is 42.2 Å². The van der Waals surface area contributed by atoms with Crippen LogP contribution in [0.3, 0.4) is 0 Å². The largest absolute Gasteiger partial charge is 0.497 e. The molecule has 1 atom stereocenters. The first-order valence-electron chi connectivity index (χ1n) is 10.6. The Balaban J connectivity index is 1.74. The van der Waals surface area contributed by atoms with Crippen molar-refractivity contribution in [3.05, 3.63) is 46.1 Å². The number of anilines is 1. The van der Waals surface area contributed by atoms with Gasteiger partial charge in [0.25, 0.3) is 5.56 Å². The molecule has 1 saturated heterocycles. The summed E-state index contributed by atoms with van der Waals surface area (Å²) in [6.07, 6.45) is 1.71. The number of thiophene rings is 1. The molecule has 7 nitrogen and oxygen atoms in total. The number of methoxy groups -OCH3 is 1. The van der Waals surface area contributed by atoms with E-state index in [-0.39, 0.29) is 17.4 Å². The summed E-state index contributed by atoms with van der Waals surface area (Å²) in [4.78, 5) is 33.1. The van der Waals surface area contributed by atoms with Crippen LogP contribution in [0, 0.1) is 11.8 Å². The Morgan fingerprint density at radius 1 is 1.35 bits per heavy atom. The second-order valence-corrected chi connectivity index (χ2v) is 9.23. The molecule has 0 saturated carbocycles. The van der Waals surface area contributed by atoms with Gasteiger partial charge in [0.2, 0.25) is 11.9 Å². The molecule has 31 heavy (non-hydrogen) atoms. The smallest absolute Gasteiger partial charge is 0.277 e. The van der Waals surface area contributed by atoms with Crippen LogP contribution in [-0.2, 0) is 4.79 Å². The fraction of sp³-hybridized carbons (Fsp3) is 0.435. The second-order valence-electron chi connectivity index (χ2n) is 8.31. The van der Waals surface area contributed by atoms with Crippen molar-refractivity contribution in [2.24, 2.45) is 11.8 Å². The molecule has 2 aromatic heterocycles. The molecular weight excluding hydrogens is 412 g/mol. The number of fused-ring (bicyclic) bond motifs is 1. The van der Waals surface area contributed by atoms with Crippen LogP contribution in [0.1, 0.15) is 26.7 Å². The maximum absolute atomic E-state index is 13.4. The minimum atomic E-state index is -0.124. The summed E-state index contributed by atoms with van der Waals surface area (Å²) in [6.45, 7) is 6.12. The van der Waals surface area contributed by atoms with Gasteiger partial charge in [-0.2, -0.15) is 0 Å². The summed E-state index contributed by atoms with van der Waals surface area (Å²) in [6, 6.07) is 9.30. The SMILES string of the molecule is COc1cccc(-n2c(N3CCC[C@H](C(=O)NCC(C)C)C3)nc3ccsc3c2=O)c1. The van der Waals surface area contributed by atoms with Gasteiger partial charge < -0.3 is 15.0 Å². The number of carbonyl (C=O) groups excluding carboxylic acids is 1. The standard InChI is InChI=1S/C23H28N4O3S/c1-15(2)13-24-21(28)16-6-5-10-26(14-16)23-25-19-9-11-31-20(19)22(29)27(23)17-7-4-8-18(12-17)30-3/h4,7-9,11-12,15-16H,5-6,10,13-14H2,1-3H3,(H,24,28)/t16-/m0/s1. The summed E-state index contributed by atoms with van der Waals surface area (Å²) in [5, 5.41) is 4.94. The van der Waals surface area contributed by atoms with E-state index in [0.717, 1.165) is 19.4 Å². The summed E-state index contributed by atoms with van der Waals surface area (Å²) < 4.78 is 7.64. The van der Waals surface area contributed by atoms with Crippen LogP contribution < -0.4 is 20.5 Å². The van der Waals surface area contributed by atoms with Gasteiger partial charge in [0.05, 0.1) is 24.2 Å². The Hall–Kier alpha value is -2.87. The van der Waals surface area contributed by atoms with Crippen molar-refractivity contribution in [2.45, 2.75) is 26.7 Å². The highest BCUT2D eigenvalue weighted by Crippen LogP contribution is 2.27. The summed E-state index contributed by atoms with van der Waals surface area (Å²) in [5.41, 5.74) is 1.29. The van der Waals surface area contributed by atoms with Gasteiger partial charge >= 0.3 is 0 Å². The van der Waals surface area contributed by atoms with Crippen LogP contribution in [0.15, 0.2) is 40.5 Å². The summed E-state index contributed by atoms with van der Waals surface area (Å²) in [5.74, 6) is 1.60. The average Bonchev–Trinajstić information content (AvgIpc) is 3.26. The normalized spacial score (nSPS) is 16.6. The maximum Gasteiger partial charge on any atom is 0.277 e. The first-order chi connectivity index (χ1) is 15.0. The van der Waals surface area contributed by atoms with Gasteiger partial charge in [-0.3, -0.25) is 9.59 Å². The van der Waals surface area contributed by atoms with Crippen molar-refractivity contribution in [1.82, 2.24) is 14.9 Å². The van der Waals surface area contributed by atoms with Crippen molar-refractivity contribution < 1.29 is 9.53 Å². The minimum Gasteiger partial charge on any atom is -0.497 e. The fourth-order valence-corrected chi connectivity index (χ4v) is 4.68. The molecular formula is C23H28N4O3S. The van der Waals surface area contributed by atoms with Crippen LogP contribution in [0.2, 0.25) is 0 Å². The van der Waals surface area contributed by atoms with E-state index in [4.69, 9.17) is 9.72 Å². The first kappa shape index (κ1) is 21.4. The van der Waals surface area contributed by atoms with Crippen molar-refractivity contribution in [3.63, 3.8) is 0 Å². The van der Waals surface area contributed by atoms with E-state index >= 15 is 0 Å². The number of nitrogens with one attached hydrogen (secondary N) is 1. The van der Waals surface area contributed by atoms with Gasteiger partial charge in [-0.15, -0.1) is 11.3 Å². The number of nitrogens with zero attached hydrogens (tertiary/aromatic N) is 3. The number of benzene rings is 1. The molecule has 3 aromatic rings. The number of rotatable bonds is 6. The van der Waals surface area contributed by atoms with E-state index < -0.39 is 0 Å². The lowest BCUT2D eigenvalue weighted by molar-refractivity contribution is -0.125. The van der Waals surface area contributed by atoms with Gasteiger partial charge in [0, 0.05) is 25.7 Å². The minimum absolute atomic E-state index is 0.0743. The van der Waals surface area contributed by atoms with Gasteiger partial charge in [-0.05, 0) is 42.3 Å². The van der Waals surface area contributed by atoms with Crippen molar-refractivity contribution in [3.8, 4) is 11.4 Å². The van der Waals surface area contributed by atoms with E-state index in [1.165, 1.54) is 11.3 Å². The van der Waals surface area contributed by atoms with Crippen molar-refractivity contribution >= 4 is 33.4 Å². The highest BCUT2D eigenvalue weighted by atomic mass is 32.1. The zero-order chi connectivity index (χ0) is 22.0. The van der Waals surface area contributed by atoms with Crippen LogP contribution in [0.5, 0.6) is 5.75 Å². The Kier molecular flexibility index (Phi) is 6.27. The molecule has 164 valence electrons. The van der Waals surface area contributed by atoms with Gasteiger partial charge in [0.1, 0.15) is 10.4 Å². The van der Waals surface area contributed by atoms with E-state index in [2.05, 4.69) is 24.1 Å². The zero-order valence-corrected chi connectivity index (χ0v) is 18.9. The second kappa shape index (κ2) is 9.09. The maximum atomic E-state index is 13.4. The fourth-order valence-electron chi connectivity index (χ4n) is 3.92. The third-order valence-corrected chi connectivity index (χ3v) is 6.42. The molecule has 0 bridgehead atoms. The van der Waals surface area contributed by atoms with E-state index in [0.29, 0.717) is 46.6 Å². The summed E-state index contributed by atoms with van der Waals surface area (Å²) >= 11 is 1.39. The van der Waals surface area contributed by atoms with E-state index in [9.17, 15) is 9.59 Å². The molecule has 0 aliphatic carbocycles. The number of hydrogen-bond donors (Lipinski definition) is 1. The molecule has 1 N–H and O–H groups in total. The molecule has 1 aromatic carbocycles. The number of piperidine rings is 1. The molecule has 0 spiro atoms. The molecule has 1 aliphatic rings.